The van der Waals surface area contributed by atoms with Gasteiger partial charge in [0, 0.05) is 11.6 Å². The molecule has 3 rings (SSSR count). The zero-order valence-corrected chi connectivity index (χ0v) is 14.3. The molecule has 0 aliphatic heterocycles. The lowest BCUT2D eigenvalue weighted by Crippen LogP contribution is -2.11. The van der Waals surface area contributed by atoms with Crippen molar-refractivity contribution in [1.82, 2.24) is 9.97 Å². The van der Waals surface area contributed by atoms with Gasteiger partial charge in [0.2, 0.25) is 0 Å². The summed E-state index contributed by atoms with van der Waals surface area (Å²) in [4.78, 5) is 20.5. The molecule has 8 heteroatoms. The summed E-state index contributed by atoms with van der Waals surface area (Å²) in [7, 11) is 1.28. The third-order valence-electron chi connectivity index (χ3n) is 3.37. The van der Waals surface area contributed by atoms with Crippen LogP contribution < -0.4 is 5.32 Å². The summed E-state index contributed by atoms with van der Waals surface area (Å²) in [6, 6.07) is 5.04. The second kappa shape index (κ2) is 6.51. The van der Waals surface area contributed by atoms with Gasteiger partial charge in [0.1, 0.15) is 10.8 Å². The zero-order chi connectivity index (χ0) is 16.6. The first-order valence-electron chi connectivity index (χ1n) is 6.87. The highest BCUT2D eigenvalue weighted by molar-refractivity contribution is 6.42. The van der Waals surface area contributed by atoms with Gasteiger partial charge in [-0.3, -0.25) is 0 Å². The van der Waals surface area contributed by atoms with Gasteiger partial charge in [0.05, 0.1) is 17.2 Å². The van der Waals surface area contributed by atoms with Crippen LogP contribution >= 0.6 is 34.8 Å². The van der Waals surface area contributed by atoms with Crippen LogP contribution in [-0.4, -0.2) is 23.0 Å². The molecule has 0 amide bonds. The Kier molecular flexibility index (Phi) is 4.62. The minimum atomic E-state index is -0.600. The molecule has 1 fully saturated rings. The van der Waals surface area contributed by atoms with Crippen LogP contribution in [0.5, 0.6) is 0 Å². The number of anilines is 2. The van der Waals surface area contributed by atoms with Crippen molar-refractivity contribution in [3.05, 3.63) is 44.8 Å². The van der Waals surface area contributed by atoms with Crippen molar-refractivity contribution in [3.63, 3.8) is 0 Å². The maximum atomic E-state index is 11.9. The fraction of sp³-hybridized carbons (Fsp3) is 0.267. The molecule has 23 heavy (non-hydrogen) atoms. The number of nitrogens with one attached hydrogen (secondary N) is 1. The molecule has 0 bridgehead atoms. The number of ether oxygens (including phenoxy) is 1. The van der Waals surface area contributed by atoms with E-state index in [1.807, 2.05) is 0 Å². The molecule has 1 aromatic carbocycles. The topological polar surface area (TPSA) is 64.1 Å². The van der Waals surface area contributed by atoms with Crippen molar-refractivity contribution in [2.24, 2.45) is 0 Å². The molecule has 0 atom stereocenters. The summed E-state index contributed by atoms with van der Waals surface area (Å²) in [5.74, 6) is 0.571. The molecule has 2 aromatic rings. The minimum absolute atomic E-state index is 0.0497. The monoisotopic (exact) mass is 371 g/mol. The Morgan fingerprint density at radius 2 is 1.96 bits per heavy atom. The number of benzene rings is 1. The van der Waals surface area contributed by atoms with Gasteiger partial charge in [-0.15, -0.1) is 0 Å². The lowest BCUT2D eigenvalue weighted by molar-refractivity contribution is 0.0593. The van der Waals surface area contributed by atoms with Gasteiger partial charge in [-0.05, 0) is 31.0 Å². The summed E-state index contributed by atoms with van der Waals surface area (Å²) in [5, 5.41) is 4.00. The number of nitrogens with zero attached hydrogens (tertiary/aromatic N) is 2. The Balaban J connectivity index is 2.01. The van der Waals surface area contributed by atoms with Crippen LogP contribution in [0.15, 0.2) is 18.2 Å². The van der Waals surface area contributed by atoms with E-state index in [9.17, 15) is 4.79 Å². The number of aromatic nitrogens is 2. The average Bonchev–Trinajstić information content (AvgIpc) is 3.37. The second-order valence-electron chi connectivity index (χ2n) is 5.11. The highest BCUT2D eigenvalue weighted by atomic mass is 35.5. The highest BCUT2D eigenvalue weighted by Gasteiger charge is 2.30. The molecular formula is C15H12Cl3N3O2. The lowest BCUT2D eigenvalue weighted by atomic mass is 10.3. The molecule has 0 spiro atoms. The van der Waals surface area contributed by atoms with E-state index in [-0.39, 0.29) is 16.6 Å². The smallest absolute Gasteiger partial charge is 0.358 e. The fourth-order valence-corrected chi connectivity index (χ4v) is 2.52. The summed E-state index contributed by atoms with van der Waals surface area (Å²) in [5.41, 5.74) is 0.700. The number of methoxy groups -OCH3 is 1. The first-order chi connectivity index (χ1) is 11.0. The summed E-state index contributed by atoms with van der Waals surface area (Å²) < 4.78 is 4.73. The van der Waals surface area contributed by atoms with Gasteiger partial charge >= 0.3 is 5.97 Å². The van der Waals surface area contributed by atoms with Gasteiger partial charge in [-0.25, -0.2) is 14.8 Å². The molecule has 1 aliphatic carbocycles. The standard InChI is InChI=1S/C15H12Cl3N3O2/c1-23-15(22)12-11(18)14(21-13(20-12)7-2-3-7)19-8-4-5-9(16)10(17)6-8/h4-7H,2-3H2,1H3,(H,19,20,21). The largest absolute Gasteiger partial charge is 0.464 e. The van der Waals surface area contributed by atoms with Crippen LogP contribution in [0.4, 0.5) is 11.5 Å². The Hall–Kier alpha value is -1.56. The van der Waals surface area contributed by atoms with Gasteiger partial charge in [-0.1, -0.05) is 34.8 Å². The Bertz CT molecular complexity index is 779. The normalized spacial score (nSPS) is 13.7. The number of carbonyl (C=O) groups excluding carboxylic acids is 1. The van der Waals surface area contributed by atoms with E-state index in [1.165, 1.54) is 7.11 Å². The van der Waals surface area contributed by atoms with Crippen molar-refractivity contribution in [2.75, 3.05) is 12.4 Å². The van der Waals surface area contributed by atoms with Gasteiger partial charge < -0.3 is 10.1 Å². The molecular weight excluding hydrogens is 361 g/mol. The molecule has 1 aliphatic rings. The maximum Gasteiger partial charge on any atom is 0.358 e. The number of hydrogen-bond donors (Lipinski definition) is 1. The van der Waals surface area contributed by atoms with Gasteiger partial charge in [0.25, 0.3) is 0 Å². The van der Waals surface area contributed by atoms with Crippen molar-refractivity contribution in [2.45, 2.75) is 18.8 Å². The molecule has 0 radical (unpaired) electrons. The number of carbonyl (C=O) groups is 1. The van der Waals surface area contributed by atoms with E-state index >= 15 is 0 Å². The predicted molar refractivity (Wildman–Crippen MR) is 90.1 cm³/mol. The summed E-state index contributed by atoms with van der Waals surface area (Å²) >= 11 is 18.2. The van der Waals surface area contributed by atoms with E-state index in [0.717, 1.165) is 12.8 Å². The van der Waals surface area contributed by atoms with Crippen LogP contribution in [-0.2, 0) is 4.74 Å². The molecule has 0 unspecified atom stereocenters. The molecule has 1 heterocycles. The maximum absolute atomic E-state index is 11.9. The predicted octanol–water partition coefficient (Wildman–Crippen LogP) is 4.84. The number of esters is 1. The van der Waals surface area contributed by atoms with E-state index in [4.69, 9.17) is 39.5 Å². The van der Waals surface area contributed by atoms with Crippen molar-refractivity contribution >= 4 is 52.3 Å². The van der Waals surface area contributed by atoms with E-state index < -0.39 is 5.97 Å². The highest BCUT2D eigenvalue weighted by Crippen LogP contribution is 2.40. The summed E-state index contributed by atoms with van der Waals surface area (Å²) in [6.45, 7) is 0. The summed E-state index contributed by atoms with van der Waals surface area (Å²) in [6.07, 6.45) is 1.99. The van der Waals surface area contributed by atoms with Crippen molar-refractivity contribution in [3.8, 4) is 0 Å². The molecule has 1 saturated carbocycles. The van der Waals surface area contributed by atoms with Crippen molar-refractivity contribution in [1.29, 1.82) is 0 Å². The van der Waals surface area contributed by atoms with E-state index in [1.54, 1.807) is 18.2 Å². The van der Waals surface area contributed by atoms with Crippen LogP contribution in [0, 0.1) is 0 Å². The molecule has 120 valence electrons. The third kappa shape index (κ3) is 3.52. The van der Waals surface area contributed by atoms with E-state index in [2.05, 4.69) is 15.3 Å². The van der Waals surface area contributed by atoms with Gasteiger partial charge in [-0.2, -0.15) is 0 Å². The zero-order valence-electron chi connectivity index (χ0n) is 12.1. The average molecular weight is 373 g/mol. The second-order valence-corrected chi connectivity index (χ2v) is 6.31. The first kappa shape index (κ1) is 16.3. The van der Waals surface area contributed by atoms with Crippen LogP contribution in [0.1, 0.15) is 35.1 Å². The quantitative estimate of drug-likeness (QED) is 0.778. The van der Waals surface area contributed by atoms with Crippen LogP contribution in [0.25, 0.3) is 0 Å². The molecule has 1 aromatic heterocycles. The van der Waals surface area contributed by atoms with Crippen LogP contribution in [0.3, 0.4) is 0 Å². The SMILES string of the molecule is COC(=O)c1nc(C2CC2)nc(Nc2ccc(Cl)c(Cl)c2)c1Cl. The van der Waals surface area contributed by atoms with Crippen molar-refractivity contribution < 1.29 is 9.53 Å². The third-order valence-corrected chi connectivity index (χ3v) is 4.47. The molecule has 5 nitrogen and oxygen atoms in total. The van der Waals surface area contributed by atoms with E-state index in [0.29, 0.717) is 27.4 Å². The fourth-order valence-electron chi connectivity index (χ4n) is 2.01. The number of halogens is 3. The Morgan fingerprint density at radius 3 is 2.57 bits per heavy atom. The Labute approximate surface area is 147 Å². The lowest BCUT2D eigenvalue weighted by Gasteiger charge is -2.12. The molecule has 1 N–H and O–H groups in total. The number of rotatable bonds is 4. The van der Waals surface area contributed by atoms with Gasteiger partial charge in [0.15, 0.2) is 11.5 Å². The first-order valence-corrected chi connectivity index (χ1v) is 8.00. The number of hydrogen-bond acceptors (Lipinski definition) is 5. The van der Waals surface area contributed by atoms with Crippen LogP contribution in [0.2, 0.25) is 15.1 Å². The Morgan fingerprint density at radius 1 is 1.22 bits per heavy atom. The molecule has 0 saturated heterocycles. The minimum Gasteiger partial charge on any atom is -0.464 e.